The van der Waals surface area contributed by atoms with Crippen LogP contribution in [-0.2, 0) is 11.2 Å². The molecule has 1 N–H and O–H groups in total. The Morgan fingerprint density at radius 3 is 2.58 bits per heavy atom. The van der Waals surface area contributed by atoms with E-state index in [0.717, 1.165) is 11.3 Å². The van der Waals surface area contributed by atoms with Gasteiger partial charge in [0.05, 0.1) is 5.75 Å². The predicted octanol–water partition coefficient (Wildman–Crippen LogP) is 4.46. The van der Waals surface area contributed by atoms with Crippen molar-refractivity contribution in [2.45, 2.75) is 31.4 Å². The molecule has 0 saturated heterocycles. The summed E-state index contributed by atoms with van der Waals surface area (Å²) in [5.74, 6) is 1.00. The molecule has 0 aliphatic rings. The maximum Gasteiger partial charge on any atom is 0.277 e. The first-order chi connectivity index (χ1) is 12.6. The lowest BCUT2D eigenvalue weighted by Crippen LogP contribution is -2.13. The molecule has 0 radical (unpaired) electrons. The highest BCUT2D eigenvalue weighted by molar-refractivity contribution is 7.99. The summed E-state index contributed by atoms with van der Waals surface area (Å²) in [5, 5.41) is 11.4. The topological polar surface area (TPSA) is 68.0 Å². The van der Waals surface area contributed by atoms with Crippen molar-refractivity contribution >= 4 is 23.4 Å². The Kier molecular flexibility index (Phi) is 6.07. The van der Waals surface area contributed by atoms with Gasteiger partial charge in [0.2, 0.25) is 11.8 Å². The smallest absolute Gasteiger partial charge is 0.277 e. The fraction of sp³-hybridized carbons (Fsp3) is 0.250. The fourth-order valence-corrected chi connectivity index (χ4v) is 3.08. The SMILES string of the molecule is Cc1ccc(NC(=O)CSc2nnc(CC(C)c3ccccc3)o2)cc1. The van der Waals surface area contributed by atoms with Crippen LogP contribution in [0.25, 0.3) is 0 Å². The summed E-state index contributed by atoms with van der Waals surface area (Å²) in [6, 6.07) is 17.9. The Balaban J connectivity index is 1.49. The van der Waals surface area contributed by atoms with E-state index in [1.165, 1.54) is 17.3 Å². The minimum absolute atomic E-state index is 0.101. The van der Waals surface area contributed by atoms with E-state index < -0.39 is 0 Å². The molecule has 134 valence electrons. The highest BCUT2D eigenvalue weighted by atomic mass is 32.2. The molecule has 2 aromatic carbocycles. The van der Waals surface area contributed by atoms with Crippen LogP contribution in [0.4, 0.5) is 5.69 Å². The minimum Gasteiger partial charge on any atom is -0.416 e. The number of nitrogens with one attached hydrogen (secondary N) is 1. The molecule has 0 saturated carbocycles. The van der Waals surface area contributed by atoms with Gasteiger partial charge in [-0.25, -0.2) is 0 Å². The minimum atomic E-state index is -0.101. The second-order valence-corrected chi connectivity index (χ2v) is 7.11. The zero-order valence-electron chi connectivity index (χ0n) is 14.8. The number of hydrogen-bond donors (Lipinski definition) is 1. The van der Waals surface area contributed by atoms with Crippen molar-refractivity contribution in [3.05, 3.63) is 71.6 Å². The molecular formula is C20H21N3O2S. The Morgan fingerprint density at radius 1 is 1.12 bits per heavy atom. The Hall–Kier alpha value is -2.60. The van der Waals surface area contributed by atoms with Gasteiger partial charge in [-0.2, -0.15) is 0 Å². The Labute approximate surface area is 157 Å². The molecule has 0 aliphatic heterocycles. The molecule has 0 spiro atoms. The van der Waals surface area contributed by atoms with Crippen molar-refractivity contribution in [3.63, 3.8) is 0 Å². The van der Waals surface area contributed by atoms with Gasteiger partial charge in [0.15, 0.2) is 0 Å². The first-order valence-electron chi connectivity index (χ1n) is 8.47. The largest absolute Gasteiger partial charge is 0.416 e. The van der Waals surface area contributed by atoms with Crippen molar-refractivity contribution in [3.8, 4) is 0 Å². The molecule has 6 heteroatoms. The van der Waals surface area contributed by atoms with Gasteiger partial charge in [0.25, 0.3) is 5.22 Å². The Morgan fingerprint density at radius 2 is 1.85 bits per heavy atom. The maximum atomic E-state index is 12.0. The number of amides is 1. The first kappa shape index (κ1) is 18.2. The third kappa shape index (κ3) is 5.20. The molecule has 0 aliphatic carbocycles. The number of rotatable bonds is 7. The summed E-state index contributed by atoms with van der Waals surface area (Å²) in [5.41, 5.74) is 3.17. The number of anilines is 1. The van der Waals surface area contributed by atoms with Gasteiger partial charge in [0.1, 0.15) is 0 Å². The van der Waals surface area contributed by atoms with Crippen LogP contribution >= 0.6 is 11.8 Å². The predicted molar refractivity (Wildman–Crippen MR) is 103 cm³/mol. The van der Waals surface area contributed by atoms with Crippen LogP contribution in [0.5, 0.6) is 0 Å². The van der Waals surface area contributed by atoms with Crippen molar-refractivity contribution in [2.24, 2.45) is 0 Å². The van der Waals surface area contributed by atoms with Gasteiger partial charge in [-0.1, -0.05) is 66.7 Å². The number of carbonyl (C=O) groups excluding carboxylic acids is 1. The lowest BCUT2D eigenvalue weighted by Gasteiger charge is -2.08. The monoisotopic (exact) mass is 367 g/mol. The number of benzene rings is 2. The third-order valence-corrected chi connectivity index (χ3v) is 4.78. The van der Waals surface area contributed by atoms with Crippen LogP contribution in [0.1, 0.15) is 29.9 Å². The number of aryl methyl sites for hydroxylation is 1. The van der Waals surface area contributed by atoms with Crippen LogP contribution in [0.15, 0.2) is 64.2 Å². The maximum absolute atomic E-state index is 12.0. The summed E-state index contributed by atoms with van der Waals surface area (Å²) >= 11 is 1.24. The van der Waals surface area contributed by atoms with E-state index in [1.807, 2.05) is 49.4 Å². The molecule has 1 amide bonds. The van der Waals surface area contributed by atoms with E-state index in [-0.39, 0.29) is 11.7 Å². The molecule has 1 aromatic heterocycles. The van der Waals surface area contributed by atoms with Crippen LogP contribution in [0, 0.1) is 6.92 Å². The number of thioether (sulfide) groups is 1. The van der Waals surface area contributed by atoms with E-state index in [9.17, 15) is 4.79 Å². The molecule has 1 unspecified atom stereocenters. The highest BCUT2D eigenvalue weighted by Crippen LogP contribution is 2.22. The van der Waals surface area contributed by atoms with Crippen molar-refractivity contribution in [1.29, 1.82) is 0 Å². The van der Waals surface area contributed by atoms with Gasteiger partial charge in [0, 0.05) is 12.1 Å². The number of nitrogens with zero attached hydrogens (tertiary/aromatic N) is 2. The number of carbonyl (C=O) groups is 1. The molecule has 0 fully saturated rings. The van der Waals surface area contributed by atoms with Gasteiger partial charge < -0.3 is 9.73 Å². The van der Waals surface area contributed by atoms with Crippen LogP contribution in [-0.4, -0.2) is 21.9 Å². The van der Waals surface area contributed by atoms with Gasteiger partial charge in [-0.15, -0.1) is 10.2 Å². The highest BCUT2D eigenvalue weighted by Gasteiger charge is 2.13. The molecular weight excluding hydrogens is 346 g/mol. The molecule has 1 heterocycles. The van der Waals surface area contributed by atoms with E-state index in [1.54, 1.807) is 0 Å². The van der Waals surface area contributed by atoms with Crippen molar-refractivity contribution in [2.75, 3.05) is 11.1 Å². The summed E-state index contributed by atoms with van der Waals surface area (Å²) in [6.45, 7) is 4.13. The standard InChI is InChI=1S/C20H21N3O2S/c1-14-8-10-17(11-9-14)21-18(24)13-26-20-23-22-19(25-20)12-15(2)16-6-4-3-5-7-16/h3-11,15H,12-13H2,1-2H3,(H,21,24). The van der Waals surface area contributed by atoms with E-state index in [0.29, 0.717) is 23.5 Å². The molecule has 3 rings (SSSR count). The van der Waals surface area contributed by atoms with E-state index in [2.05, 4.69) is 34.6 Å². The van der Waals surface area contributed by atoms with Gasteiger partial charge >= 0.3 is 0 Å². The third-order valence-electron chi connectivity index (χ3n) is 3.96. The van der Waals surface area contributed by atoms with Crippen LogP contribution in [0.3, 0.4) is 0 Å². The number of aromatic nitrogens is 2. The quantitative estimate of drug-likeness (QED) is 0.625. The molecule has 0 bridgehead atoms. The zero-order valence-corrected chi connectivity index (χ0v) is 15.6. The van der Waals surface area contributed by atoms with Crippen molar-refractivity contribution < 1.29 is 9.21 Å². The molecule has 3 aromatic rings. The molecule has 5 nitrogen and oxygen atoms in total. The second kappa shape index (κ2) is 8.67. The zero-order chi connectivity index (χ0) is 18.4. The summed E-state index contributed by atoms with van der Waals surface area (Å²) in [7, 11) is 0. The fourth-order valence-electron chi connectivity index (χ4n) is 2.50. The summed E-state index contributed by atoms with van der Waals surface area (Å²) in [4.78, 5) is 12.0. The lowest BCUT2D eigenvalue weighted by atomic mass is 9.98. The Bertz CT molecular complexity index is 847. The summed E-state index contributed by atoms with van der Waals surface area (Å²) in [6.07, 6.45) is 0.674. The lowest BCUT2D eigenvalue weighted by molar-refractivity contribution is -0.113. The molecule has 1 atom stereocenters. The first-order valence-corrected chi connectivity index (χ1v) is 9.45. The summed E-state index contributed by atoms with van der Waals surface area (Å²) < 4.78 is 5.65. The van der Waals surface area contributed by atoms with E-state index in [4.69, 9.17) is 4.42 Å². The number of hydrogen-bond acceptors (Lipinski definition) is 5. The van der Waals surface area contributed by atoms with Gasteiger partial charge in [-0.05, 0) is 30.5 Å². The second-order valence-electron chi connectivity index (χ2n) is 6.18. The van der Waals surface area contributed by atoms with Gasteiger partial charge in [-0.3, -0.25) is 4.79 Å². The average Bonchev–Trinajstić information content (AvgIpc) is 3.10. The van der Waals surface area contributed by atoms with Crippen LogP contribution < -0.4 is 5.32 Å². The van der Waals surface area contributed by atoms with Crippen molar-refractivity contribution in [1.82, 2.24) is 10.2 Å². The average molecular weight is 367 g/mol. The van der Waals surface area contributed by atoms with Crippen LogP contribution in [0.2, 0.25) is 0 Å². The normalized spacial score (nSPS) is 11.9. The van der Waals surface area contributed by atoms with E-state index >= 15 is 0 Å². The molecule has 26 heavy (non-hydrogen) atoms.